The molecule has 1 fully saturated rings. The van der Waals surface area contributed by atoms with Crippen molar-refractivity contribution < 1.29 is 17.9 Å². The Morgan fingerprint density at radius 1 is 1.44 bits per heavy atom. The van der Waals surface area contributed by atoms with Crippen LogP contribution in [0.4, 0.5) is 4.39 Å². The molecule has 0 amide bonds. The number of hydrogen-bond acceptors (Lipinski definition) is 3. The van der Waals surface area contributed by atoms with Crippen molar-refractivity contribution in [2.24, 2.45) is 5.92 Å². The highest BCUT2D eigenvalue weighted by Gasteiger charge is 2.28. The maximum Gasteiger partial charge on any atom is 0.242 e. The molecule has 4 nitrogen and oxygen atoms in total. The molecule has 2 N–H and O–H groups in total. The molecule has 0 saturated heterocycles. The lowest BCUT2D eigenvalue weighted by Gasteiger charge is -2.31. The zero-order valence-corrected chi connectivity index (χ0v) is 11.0. The summed E-state index contributed by atoms with van der Waals surface area (Å²) in [4.78, 5) is -0.134. The van der Waals surface area contributed by atoms with Gasteiger partial charge in [0.05, 0.1) is 11.1 Å². The molecule has 18 heavy (non-hydrogen) atoms. The van der Waals surface area contributed by atoms with Gasteiger partial charge in [0.25, 0.3) is 0 Å². The van der Waals surface area contributed by atoms with Crippen LogP contribution in [0.15, 0.2) is 23.1 Å². The third-order valence-electron chi connectivity index (χ3n) is 2.96. The molecule has 0 spiro atoms. The summed E-state index contributed by atoms with van der Waals surface area (Å²) in [5, 5.41) is 8.96. The van der Waals surface area contributed by atoms with Crippen molar-refractivity contribution in [2.45, 2.75) is 23.8 Å². The van der Waals surface area contributed by atoms with Crippen LogP contribution < -0.4 is 4.72 Å². The maximum atomic E-state index is 12.8. The highest BCUT2D eigenvalue weighted by molar-refractivity contribution is 7.89. The first-order valence-corrected chi connectivity index (χ1v) is 7.37. The second-order valence-corrected chi connectivity index (χ2v) is 6.56. The van der Waals surface area contributed by atoms with Crippen molar-refractivity contribution >= 4 is 21.6 Å². The van der Waals surface area contributed by atoms with Crippen LogP contribution in [0.3, 0.4) is 0 Å². The van der Waals surface area contributed by atoms with E-state index in [1.807, 2.05) is 0 Å². The zero-order chi connectivity index (χ0) is 13.3. The molecule has 0 radical (unpaired) electrons. The molecular formula is C11H13ClFNO3S. The van der Waals surface area contributed by atoms with Crippen molar-refractivity contribution in [3.8, 4) is 0 Å². The molecule has 1 aliphatic carbocycles. The minimum absolute atomic E-state index is 0.134. The Balaban J connectivity index is 2.06. The van der Waals surface area contributed by atoms with E-state index in [9.17, 15) is 12.8 Å². The van der Waals surface area contributed by atoms with Gasteiger partial charge in [-0.1, -0.05) is 11.6 Å². The van der Waals surface area contributed by atoms with Crippen molar-refractivity contribution in [1.82, 2.24) is 4.72 Å². The van der Waals surface area contributed by atoms with Gasteiger partial charge in [0, 0.05) is 6.54 Å². The van der Waals surface area contributed by atoms with Gasteiger partial charge in [-0.25, -0.2) is 17.5 Å². The van der Waals surface area contributed by atoms with Crippen LogP contribution in [0.2, 0.25) is 5.02 Å². The van der Waals surface area contributed by atoms with Crippen LogP contribution in [0.1, 0.15) is 12.8 Å². The van der Waals surface area contributed by atoms with Gasteiger partial charge in [0.1, 0.15) is 10.7 Å². The predicted molar refractivity (Wildman–Crippen MR) is 65.3 cm³/mol. The van der Waals surface area contributed by atoms with Crippen LogP contribution in [-0.2, 0) is 10.0 Å². The Morgan fingerprint density at radius 2 is 2.11 bits per heavy atom. The van der Waals surface area contributed by atoms with Gasteiger partial charge in [0.15, 0.2) is 0 Å². The fraction of sp³-hybridized carbons (Fsp3) is 0.455. The number of halogens is 2. The van der Waals surface area contributed by atoms with E-state index in [0.29, 0.717) is 12.8 Å². The molecule has 7 heteroatoms. The number of nitrogens with one attached hydrogen (secondary N) is 1. The number of aliphatic hydroxyl groups is 1. The van der Waals surface area contributed by atoms with E-state index in [2.05, 4.69) is 4.72 Å². The lowest BCUT2D eigenvalue weighted by Crippen LogP contribution is -2.38. The standard InChI is InChI=1S/C11H13ClFNO3S/c12-10-5-8(13)1-2-11(10)18(16,17)14-6-7-3-9(15)4-7/h1-2,5,7,9,14-15H,3-4,6H2. The average Bonchev–Trinajstić information content (AvgIpc) is 2.22. The Kier molecular flexibility index (Phi) is 3.91. The van der Waals surface area contributed by atoms with E-state index in [4.69, 9.17) is 16.7 Å². The molecule has 1 aliphatic rings. The average molecular weight is 294 g/mol. The number of sulfonamides is 1. The number of benzene rings is 1. The minimum Gasteiger partial charge on any atom is -0.393 e. The SMILES string of the molecule is O=S(=O)(NCC1CC(O)C1)c1ccc(F)cc1Cl. The third kappa shape index (κ3) is 3.00. The van der Waals surface area contributed by atoms with Crippen molar-refractivity contribution in [1.29, 1.82) is 0 Å². The summed E-state index contributed by atoms with van der Waals surface area (Å²) in [7, 11) is -3.73. The van der Waals surface area contributed by atoms with Gasteiger partial charge in [-0.15, -0.1) is 0 Å². The zero-order valence-electron chi connectivity index (χ0n) is 9.44. The van der Waals surface area contributed by atoms with E-state index in [0.717, 1.165) is 18.2 Å². The summed E-state index contributed by atoms with van der Waals surface area (Å²) in [5.41, 5.74) is 0. The van der Waals surface area contributed by atoms with Crippen LogP contribution in [-0.4, -0.2) is 26.2 Å². The van der Waals surface area contributed by atoms with Crippen molar-refractivity contribution in [3.05, 3.63) is 29.0 Å². The third-order valence-corrected chi connectivity index (χ3v) is 4.86. The smallest absolute Gasteiger partial charge is 0.242 e. The molecule has 0 aliphatic heterocycles. The first-order chi connectivity index (χ1) is 8.38. The topological polar surface area (TPSA) is 66.4 Å². The molecule has 1 aromatic carbocycles. The molecule has 1 saturated carbocycles. The normalized spacial score (nSPS) is 23.7. The second kappa shape index (κ2) is 5.13. The molecule has 0 atom stereocenters. The molecule has 100 valence electrons. The van der Waals surface area contributed by atoms with E-state index in [1.54, 1.807) is 0 Å². The largest absolute Gasteiger partial charge is 0.393 e. The quantitative estimate of drug-likeness (QED) is 0.885. The van der Waals surface area contributed by atoms with E-state index in [1.165, 1.54) is 0 Å². The molecule has 1 aromatic rings. The molecular weight excluding hydrogens is 281 g/mol. The Bertz CT molecular complexity index is 543. The fourth-order valence-corrected chi connectivity index (χ4v) is 3.51. The predicted octanol–water partition coefficient (Wildman–Crippen LogP) is 1.53. The Morgan fingerprint density at radius 3 is 2.67 bits per heavy atom. The lowest BCUT2D eigenvalue weighted by atomic mass is 9.83. The van der Waals surface area contributed by atoms with E-state index in [-0.39, 0.29) is 28.5 Å². The van der Waals surface area contributed by atoms with E-state index >= 15 is 0 Å². The van der Waals surface area contributed by atoms with Gasteiger partial charge >= 0.3 is 0 Å². The highest BCUT2D eigenvalue weighted by atomic mass is 35.5. The molecule has 0 aromatic heterocycles. The van der Waals surface area contributed by atoms with E-state index < -0.39 is 15.8 Å². The van der Waals surface area contributed by atoms with Gasteiger partial charge in [-0.05, 0) is 37.0 Å². The lowest BCUT2D eigenvalue weighted by molar-refractivity contribution is 0.0453. The van der Waals surface area contributed by atoms with Crippen molar-refractivity contribution in [3.63, 3.8) is 0 Å². The molecule has 2 rings (SSSR count). The maximum absolute atomic E-state index is 12.8. The molecule has 0 heterocycles. The molecule has 0 bridgehead atoms. The first kappa shape index (κ1) is 13.7. The van der Waals surface area contributed by atoms with Crippen LogP contribution >= 0.6 is 11.6 Å². The number of hydrogen-bond donors (Lipinski definition) is 2. The molecule has 0 unspecified atom stereocenters. The van der Waals surface area contributed by atoms with Crippen LogP contribution in [0, 0.1) is 11.7 Å². The summed E-state index contributed by atoms with van der Waals surface area (Å²) < 4.78 is 39.1. The Hall–Kier alpha value is -0.690. The minimum atomic E-state index is -3.73. The van der Waals surface area contributed by atoms with Gasteiger partial charge in [0.2, 0.25) is 10.0 Å². The number of rotatable bonds is 4. The summed E-state index contributed by atoms with van der Waals surface area (Å²) in [6, 6.07) is 3.15. The summed E-state index contributed by atoms with van der Waals surface area (Å²) in [6.07, 6.45) is 0.869. The van der Waals surface area contributed by atoms with Crippen LogP contribution in [0.5, 0.6) is 0 Å². The van der Waals surface area contributed by atoms with Crippen molar-refractivity contribution in [2.75, 3.05) is 6.54 Å². The fourth-order valence-electron chi connectivity index (χ4n) is 1.87. The number of aliphatic hydroxyl groups excluding tert-OH is 1. The summed E-state index contributed by atoms with van der Waals surface area (Å²) >= 11 is 5.70. The second-order valence-electron chi connectivity index (χ2n) is 4.42. The van der Waals surface area contributed by atoms with Gasteiger partial charge in [-0.3, -0.25) is 0 Å². The summed E-state index contributed by atoms with van der Waals surface area (Å²) in [5.74, 6) is -0.435. The first-order valence-electron chi connectivity index (χ1n) is 5.51. The van der Waals surface area contributed by atoms with Crippen LogP contribution in [0.25, 0.3) is 0 Å². The van der Waals surface area contributed by atoms with Gasteiger partial charge < -0.3 is 5.11 Å². The monoisotopic (exact) mass is 293 g/mol. The highest BCUT2D eigenvalue weighted by Crippen LogP contribution is 2.27. The van der Waals surface area contributed by atoms with Gasteiger partial charge in [-0.2, -0.15) is 0 Å². The summed E-state index contributed by atoms with van der Waals surface area (Å²) in [6.45, 7) is 0.257. The Labute approximate surface area is 110 Å².